The molecule has 0 nitrogen and oxygen atoms in total. The Morgan fingerprint density at radius 3 is 0.964 bits per heavy atom. The molecule has 2 heteroatoms. The van der Waals surface area contributed by atoms with Crippen LogP contribution in [0.25, 0.3) is 0 Å². The molecule has 0 aromatic rings. The van der Waals surface area contributed by atoms with Gasteiger partial charge in [-0.3, -0.25) is 8.78 Å². The molecule has 28 heavy (non-hydrogen) atoms. The molecule has 0 aromatic carbocycles. The zero-order valence-electron chi connectivity index (χ0n) is 18.4. The third kappa shape index (κ3) is 6.98. The van der Waals surface area contributed by atoms with Gasteiger partial charge in [0.2, 0.25) is 0 Å². The minimum absolute atomic E-state index is 0.126. The van der Waals surface area contributed by atoms with E-state index in [0.29, 0.717) is 0 Å². The van der Waals surface area contributed by atoms with E-state index in [4.69, 9.17) is 0 Å². The average Bonchev–Trinajstić information content (AvgIpc) is 2.75. The van der Waals surface area contributed by atoms with Gasteiger partial charge < -0.3 is 0 Å². The molecule has 0 atom stereocenters. The Morgan fingerprint density at radius 1 is 0.393 bits per heavy atom. The highest BCUT2D eigenvalue weighted by Crippen LogP contribution is 2.46. The van der Waals surface area contributed by atoms with Gasteiger partial charge in [0.1, 0.15) is 0 Å². The molecule has 0 aliphatic heterocycles. The molecule has 3 rings (SSSR count). The van der Waals surface area contributed by atoms with E-state index >= 15 is 0 Å². The second-order valence-electron chi connectivity index (χ2n) is 10.6. The maximum atomic E-state index is 12.3. The predicted octanol–water partition coefficient (Wildman–Crippen LogP) is 8.69. The van der Waals surface area contributed by atoms with E-state index in [1.165, 1.54) is 89.9 Å². The smallest absolute Gasteiger partial charge is 0.0894 e. The van der Waals surface area contributed by atoms with Gasteiger partial charge in [-0.05, 0) is 99.7 Å². The van der Waals surface area contributed by atoms with Crippen LogP contribution in [-0.2, 0) is 0 Å². The molecule has 0 radical (unpaired) electrons. The van der Waals surface area contributed by atoms with Gasteiger partial charge in [0, 0.05) is 0 Å². The second-order valence-corrected chi connectivity index (χ2v) is 10.6. The van der Waals surface area contributed by atoms with Gasteiger partial charge in [0.05, 0.1) is 13.3 Å². The number of hydrogen-bond donors (Lipinski definition) is 0. The Balaban J connectivity index is 1.29. The minimum atomic E-state index is -0.126. The lowest BCUT2D eigenvalue weighted by molar-refractivity contribution is 0.102. The maximum absolute atomic E-state index is 12.3. The van der Waals surface area contributed by atoms with E-state index < -0.39 is 0 Å². The first kappa shape index (κ1) is 22.5. The zero-order chi connectivity index (χ0) is 19.6. The van der Waals surface area contributed by atoms with Crippen molar-refractivity contribution in [2.45, 2.75) is 116 Å². The summed E-state index contributed by atoms with van der Waals surface area (Å²) in [5.74, 6) is 5.84. The van der Waals surface area contributed by atoms with Gasteiger partial charge in [0.15, 0.2) is 0 Å². The third-order valence-electron chi connectivity index (χ3n) is 8.92. The molecule has 0 amide bonds. The fraction of sp³-hybridized carbons (Fsp3) is 1.00. The molecule has 3 aliphatic rings. The Morgan fingerprint density at radius 2 is 0.679 bits per heavy atom. The second kappa shape index (κ2) is 12.5. The molecule has 3 aliphatic carbocycles. The molecule has 0 aromatic heterocycles. The van der Waals surface area contributed by atoms with Crippen LogP contribution in [0.5, 0.6) is 0 Å². The molecule has 0 unspecified atom stereocenters. The quantitative estimate of drug-likeness (QED) is 0.324. The van der Waals surface area contributed by atoms with E-state index in [9.17, 15) is 8.78 Å². The monoisotopic (exact) mass is 396 g/mol. The Kier molecular flexibility index (Phi) is 10.1. The highest BCUT2D eigenvalue weighted by Gasteiger charge is 2.34. The highest BCUT2D eigenvalue weighted by molar-refractivity contribution is 4.86. The van der Waals surface area contributed by atoms with Crippen LogP contribution in [0.1, 0.15) is 116 Å². The van der Waals surface area contributed by atoms with Crippen LogP contribution in [0.15, 0.2) is 0 Å². The summed E-state index contributed by atoms with van der Waals surface area (Å²) in [6.07, 6.45) is 23.8. The first-order valence-corrected chi connectivity index (χ1v) is 12.9. The molecule has 3 saturated carbocycles. The van der Waals surface area contributed by atoms with Crippen molar-refractivity contribution in [1.29, 1.82) is 0 Å². The Labute approximate surface area is 173 Å². The van der Waals surface area contributed by atoms with Gasteiger partial charge >= 0.3 is 0 Å². The van der Waals surface area contributed by atoms with Crippen LogP contribution in [0.2, 0.25) is 0 Å². The summed E-state index contributed by atoms with van der Waals surface area (Å²) in [6.45, 7) is -0.251. The lowest BCUT2D eigenvalue weighted by Gasteiger charge is -2.41. The number of rotatable bonds is 10. The van der Waals surface area contributed by atoms with Crippen LogP contribution >= 0.6 is 0 Å². The topological polar surface area (TPSA) is 0 Å². The molecule has 0 spiro atoms. The summed E-state index contributed by atoms with van der Waals surface area (Å²) in [6, 6.07) is 0. The minimum Gasteiger partial charge on any atom is -0.251 e. The molecular weight excluding hydrogens is 350 g/mol. The van der Waals surface area contributed by atoms with Crippen LogP contribution in [0.3, 0.4) is 0 Å². The molecule has 164 valence electrons. The first-order valence-electron chi connectivity index (χ1n) is 12.9. The molecule has 0 N–H and O–H groups in total. The van der Waals surface area contributed by atoms with Crippen molar-refractivity contribution < 1.29 is 8.78 Å². The summed E-state index contributed by atoms with van der Waals surface area (Å²) in [4.78, 5) is 0. The van der Waals surface area contributed by atoms with Crippen molar-refractivity contribution in [3.8, 4) is 0 Å². The van der Waals surface area contributed by atoms with E-state index in [-0.39, 0.29) is 13.3 Å². The van der Waals surface area contributed by atoms with E-state index in [2.05, 4.69) is 0 Å². The average molecular weight is 397 g/mol. The summed E-state index contributed by atoms with van der Waals surface area (Å²) in [5, 5.41) is 0. The van der Waals surface area contributed by atoms with Gasteiger partial charge in [-0.2, -0.15) is 0 Å². The van der Waals surface area contributed by atoms with E-state index in [1.807, 2.05) is 0 Å². The fourth-order valence-corrected chi connectivity index (χ4v) is 7.04. The standard InChI is InChI=1S/C26H46F2/c27-19-3-1-5-21-7-11-23(12-8-21)25-15-17-26(18-16-25)24-13-9-22(10-14-24)6-2-4-20-28/h21-26H,1-20H2. The van der Waals surface area contributed by atoms with Crippen LogP contribution < -0.4 is 0 Å². The Hall–Kier alpha value is -0.140. The molecule has 0 heterocycles. The van der Waals surface area contributed by atoms with E-state index in [1.54, 1.807) is 0 Å². The Bertz CT molecular complexity index is 347. The fourth-order valence-electron chi connectivity index (χ4n) is 7.04. The van der Waals surface area contributed by atoms with E-state index in [0.717, 1.165) is 61.2 Å². The molecule has 0 bridgehead atoms. The highest BCUT2D eigenvalue weighted by atomic mass is 19.1. The van der Waals surface area contributed by atoms with Crippen LogP contribution in [0.4, 0.5) is 8.78 Å². The summed E-state index contributed by atoms with van der Waals surface area (Å²) < 4.78 is 24.6. The molecule has 0 saturated heterocycles. The van der Waals surface area contributed by atoms with Crippen molar-refractivity contribution in [2.75, 3.05) is 13.3 Å². The first-order chi connectivity index (χ1) is 13.8. The van der Waals surface area contributed by atoms with Crippen LogP contribution in [-0.4, -0.2) is 13.3 Å². The summed E-state index contributed by atoms with van der Waals surface area (Å²) in [7, 11) is 0. The summed E-state index contributed by atoms with van der Waals surface area (Å²) >= 11 is 0. The van der Waals surface area contributed by atoms with Gasteiger partial charge in [-0.25, -0.2) is 0 Å². The van der Waals surface area contributed by atoms with Gasteiger partial charge in [0.25, 0.3) is 0 Å². The normalized spacial score (nSPS) is 37.1. The van der Waals surface area contributed by atoms with Crippen molar-refractivity contribution >= 4 is 0 Å². The lowest BCUT2D eigenvalue weighted by atomic mass is 9.64. The summed E-state index contributed by atoms with van der Waals surface area (Å²) in [5.41, 5.74) is 0. The molecular formula is C26H46F2. The zero-order valence-corrected chi connectivity index (χ0v) is 18.4. The van der Waals surface area contributed by atoms with Crippen molar-refractivity contribution in [3.05, 3.63) is 0 Å². The SMILES string of the molecule is FCCCCC1CCC(C2CCC(C3CCC(CCCCF)CC3)CC2)CC1. The maximum Gasteiger partial charge on any atom is 0.0894 e. The lowest BCUT2D eigenvalue weighted by Crippen LogP contribution is -2.29. The van der Waals surface area contributed by atoms with Crippen LogP contribution in [0, 0.1) is 35.5 Å². The largest absolute Gasteiger partial charge is 0.251 e. The third-order valence-corrected chi connectivity index (χ3v) is 8.92. The number of unbranched alkanes of at least 4 members (excludes halogenated alkanes) is 2. The van der Waals surface area contributed by atoms with Crippen molar-refractivity contribution in [3.63, 3.8) is 0 Å². The van der Waals surface area contributed by atoms with Gasteiger partial charge in [-0.15, -0.1) is 0 Å². The molecule has 3 fully saturated rings. The van der Waals surface area contributed by atoms with Crippen molar-refractivity contribution in [2.24, 2.45) is 35.5 Å². The van der Waals surface area contributed by atoms with Gasteiger partial charge in [-0.1, -0.05) is 51.4 Å². The number of halogens is 2. The number of alkyl halides is 2. The number of hydrogen-bond acceptors (Lipinski definition) is 0. The van der Waals surface area contributed by atoms with Crippen molar-refractivity contribution in [1.82, 2.24) is 0 Å². The predicted molar refractivity (Wildman–Crippen MR) is 116 cm³/mol.